The van der Waals surface area contributed by atoms with Crippen molar-refractivity contribution in [3.05, 3.63) is 35.2 Å². The summed E-state index contributed by atoms with van der Waals surface area (Å²) in [7, 11) is 0. The van der Waals surface area contributed by atoms with Gasteiger partial charge >= 0.3 is 5.97 Å². The zero-order valence-electron chi connectivity index (χ0n) is 10.6. The molecule has 2 aromatic rings. The molecule has 2 heterocycles. The lowest BCUT2D eigenvalue weighted by molar-refractivity contribution is -0.154. The van der Waals surface area contributed by atoms with E-state index in [2.05, 4.69) is 0 Å². The molecule has 1 N–H and O–H groups in total. The molecular weight excluding hydrogens is 278 g/mol. The molecule has 0 spiro atoms. The van der Waals surface area contributed by atoms with Crippen LogP contribution in [-0.2, 0) is 9.53 Å². The lowest BCUT2D eigenvalue weighted by atomic mass is 10.1. The topological polar surface area (TPSA) is 66.8 Å². The lowest BCUT2D eigenvalue weighted by Gasteiger charge is -2.30. The Morgan fingerprint density at radius 2 is 2.15 bits per heavy atom. The van der Waals surface area contributed by atoms with E-state index in [4.69, 9.17) is 9.84 Å². The van der Waals surface area contributed by atoms with Crippen molar-refractivity contribution in [1.82, 2.24) is 4.90 Å². The summed E-state index contributed by atoms with van der Waals surface area (Å²) in [6.07, 6.45) is -0.933. The fourth-order valence-electron chi connectivity index (χ4n) is 2.30. The van der Waals surface area contributed by atoms with E-state index in [1.807, 2.05) is 29.6 Å². The molecular formula is C14H13NO4S. The molecule has 6 heteroatoms. The van der Waals surface area contributed by atoms with Crippen LogP contribution in [0.3, 0.4) is 0 Å². The molecule has 1 fully saturated rings. The van der Waals surface area contributed by atoms with Crippen LogP contribution < -0.4 is 0 Å². The van der Waals surface area contributed by atoms with Crippen LogP contribution in [0.1, 0.15) is 10.4 Å². The van der Waals surface area contributed by atoms with Crippen molar-refractivity contribution in [2.75, 3.05) is 19.7 Å². The maximum atomic E-state index is 12.5. The number of benzene rings is 1. The number of carbonyl (C=O) groups excluding carboxylic acids is 1. The van der Waals surface area contributed by atoms with E-state index in [-0.39, 0.29) is 19.1 Å². The Kier molecular flexibility index (Phi) is 3.42. The summed E-state index contributed by atoms with van der Waals surface area (Å²) >= 11 is 1.52. The highest BCUT2D eigenvalue weighted by atomic mass is 32.1. The Hall–Kier alpha value is -1.92. The minimum Gasteiger partial charge on any atom is -0.479 e. The average molecular weight is 291 g/mol. The summed E-state index contributed by atoms with van der Waals surface area (Å²) in [4.78, 5) is 25.0. The largest absolute Gasteiger partial charge is 0.479 e. The molecule has 0 bridgehead atoms. The zero-order chi connectivity index (χ0) is 14.1. The first-order valence-electron chi connectivity index (χ1n) is 6.27. The Balaban J connectivity index is 1.87. The van der Waals surface area contributed by atoms with Crippen molar-refractivity contribution in [2.24, 2.45) is 0 Å². The number of carbonyl (C=O) groups is 2. The average Bonchev–Trinajstić information content (AvgIpc) is 2.90. The third-order valence-corrected chi connectivity index (χ3v) is 4.30. The molecule has 0 aliphatic carbocycles. The van der Waals surface area contributed by atoms with Crippen LogP contribution in [0.15, 0.2) is 29.6 Å². The molecule has 1 atom stereocenters. The number of hydrogen-bond acceptors (Lipinski definition) is 4. The molecule has 0 saturated carbocycles. The van der Waals surface area contributed by atoms with E-state index in [0.29, 0.717) is 12.1 Å². The second kappa shape index (κ2) is 5.22. The SMILES string of the molecule is O=C(O)[C@@H]1CN(C(=O)c2csc3ccccc23)CCO1. The van der Waals surface area contributed by atoms with Crippen LogP contribution in [-0.4, -0.2) is 47.7 Å². The summed E-state index contributed by atoms with van der Waals surface area (Å²) in [6.45, 7) is 0.774. The number of rotatable bonds is 2. The summed E-state index contributed by atoms with van der Waals surface area (Å²) in [6, 6.07) is 7.71. The van der Waals surface area contributed by atoms with Gasteiger partial charge < -0.3 is 14.7 Å². The van der Waals surface area contributed by atoms with Crippen LogP contribution in [0.4, 0.5) is 0 Å². The molecule has 1 amide bonds. The quantitative estimate of drug-likeness (QED) is 0.916. The second-order valence-corrected chi connectivity index (χ2v) is 5.51. The molecule has 0 radical (unpaired) electrons. The first-order valence-corrected chi connectivity index (χ1v) is 7.14. The molecule has 1 aromatic heterocycles. The summed E-state index contributed by atoms with van der Waals surface area (Å²) < 4.78 is 6.19. The van der Waals surface area contributed by atoms with Crippen molar-refractivity contribution in [3.8, 4) is 0 Å². The maximum absolute atomic E-state index is 12.5. The molecule has 1 aliphatic rings. The molecule has 0 unspecified atom stereocenters. The van der Waals surface area contributed by atoms with Gasteiger partial charge in [0.15, 0.2) is 6.10 Å². The number of thiophene rings is 1. The van der Waals surface area contributed by atoms with Gasteiger partial charge in [0.2, 0.25) is 0 Å². The number of amides is 1. The highest BCUT2D eigenvalue weighted by molar-refractivity contribution is 7.17. The molecule has 104 valence electrons. The van der Waals surface area contributed by atoms with E-state index < -0.39 is 12.1 Å². The molecule has 20 heavy (non-hydrogen) atoms. The van der Waals surface area contributed by atoms with Crippen molar-refractivity contribution < 1.29 is 19.4 Å². The van der Waals surface area contributed by atoms with Gasteiger partial charge in [0.25, 0.3) is 5.91 Å². The second-order valence-electron chi connectivity index (χ2n) is 4.59. The molecule has 5 nitrogen and oxygen atoms in total. The highest BCUT2D eigenvalue weighted by Crippen LogP contribution is 2.27. The number of carboxylic acid groups (broad SMARTS) is 1. The maximum Gasteiger partial charge on any atom is 0.334 e. The molecule has 1 aliphatic heterocycles. The fourth-order valence-corrected chi connectivity index (χ4v) is 3.23. The van der Waals surface area contributed by atoms with Gasteiger partial charge in [-0.3, -0.25) is 4.79 Å². The third kappa shape index (κ3) is 2.28. The molecule has 1 aromatic carbocycles. The van der Waals surface area contributed by atoms with Gasteiger partial charge in [0, 0.05) is 22.0 Å². The monoisotopic (exact) mass is 291 g/mol. The first kappa shape index (κ1) is 13.1. The lowest BCUT2D eigenvalue weighted by Crippen LogP contribution is -2.48. The highest BCUT2D eigenvalue weighted by Gasteiger charge is 2.30. The number of fused-ring (bicyclic) bond motifs is 1. The fraction of sp³-hybridized carbons (Fsp3) is 0.286. The van der Waals surface area contributed by atoms with Gasteiger partial charge in [-0.05, 0) is 6.07 Å². The van der Waals surface area contributed by atoms with Crippen LogP contribution in [0.25, 0.3) is 10.1 Å². The first-order chi connectivity index (χ1) is 9.66. The standard InChI is InChI=1S/C14H13NO4S/c16-13(15-5-6-19-11(7-15)14(17)18)10-8-20-12-4-2-1-3-9(10)12/h1-4,8,11H,5-7H2,(H,17,18)/t11-/m0/s1. The van der Waals surface area contributed by atoms with E-state index in [1.165, 1.54) is 11.3 Å². The number of nitrogens with zero attached hydrogens (tertiary/aromatic N) is 1. The number of carboxylic acids is 1. The van der Waals surface area contributed by atoms with Gasteiger partial charge in [0.1, 0.15) is 0 Å². The van der Waals surface area contributed by atoms with Crippen molar-refractivity contribution >= 4 is 33.3 Å². The van der Waals surface area contributed by atoms with Gasteiger partial charge in [-0.25, -0.2) is 4.79 Å². The zero-order valence-corrected chi connectivity index (χ0v) is 11.4. The summed E-state index contributed by atoms with van der Waals surface area (Å²) in [5.41, 5.74) is 0.636. The number of hydrogen-bond donors (Lipinski definition) is 1. The Labute approximate surface area is 119 Å². The number of morpholine rings is 1. The van der Waals surface area contributed by atoms with Crippen LogP contribution in [0.2, 0.25) is 0 Å². The smallest absolute Gasteiger partial charge is 0.334 e. The van der Waals surface area contributed by atoms with Crippen LogP contribution >= 0.6 is 11.3 Å². The van der Waals surface area contributed by atoms with Crippen molar-refractivity contribution in [1.29, 1.82) is 0 Å². The van der Waals surface area contributed by atoms with E-state index in [1.54, 1.807) is 4.90 Å². The summed E-state index contributed by atoms with van der Waals surface area (Å²) in [5.74, 6) is -1.16. The van der Waals surface area contributed by atoms with Gasteiger partial charge in [-0.2, -0.15) is 0 Å². The van der Waals surface area contributed by atoms with Crippen LogP contribution in [0, 0.1) is 0 Å². The Bertz CT molecular complexity index is 666. The minimum atomic E-state index is -1.03. The normalized spacial score (nSPS) is 19.2. The predicted molar refractivity (Wildman–Crippen MR) is 75.1 cm³/mol. The van der Waals surface area contributed by atoms with E-state index in [9.17, 15) is 9.59 Å². The van der Waals surface area contributed by atoms with E-state index in [0.717, 1.165) is 10.1 Å². The van der Waals surface area contributed by atoms with Gasteiger partial charge in [-0.1, -0.05) is 18.2 Å². The number of aliphatic carboxylic acids is 1. The van der Waals surface area contributed by atoms with E-state index >= 15 is 0 Å². The molecule has 3 rings (SSSR count). The Morgan fingerprint density at radius 3 is 2.95 bits per heavy atom. The minimum absolute atomic E-state index is 0.0956. The van der Waals surface area contributed by atoms with Crippen molar-refractivity contribution in [2.45, 2.75) is 6.10 Å². The predicted octanol–water partition coefficient (Wildman–Crippen LogP) is 1.83. The Morgan fingerprint density at radius 1 is 1.35 bits per heavy atom. The summed E-state index contributed by atoms with van der Waals surface area (Å²) in [5, 5.41) is 11.7. The van der Waals surface area contributed by atoms with Gasteiger partial charge in [-0.15, -0.1) is 11.3 Å². The number of ether oxygens (including phenoxy) is 1. The van der Waals surface area contributed by atoms with Crippen LogP contribution in [0.5, 0.6) is 0 Å². The van der Waals surface area contributed by atoms with Crippen molar-refractivity contribution in [3.63, 3.8) is 0 Å². The van der Waals surface area contributed by atoms with Gasteiger partial charge in [0.05, 0.1) is 18.7 Å². The third-order valence-electron chi connectivity index (χ3n) is 3.34. The molecule has 1 saturated heterocycles.